The minimum absolute atomic E-state index is 0.594. The molecule has 3 rings (SSSR count). The lowest BCUT2D eigenvalue weighted by atomic mass is 10.2. The van der Waals surface area contributed by atoms with Gasteiger partial charge in [-0.05, 0) is 24.3 Å². The first-order valence-corrected chi connectivity index (χ1v) is 6.29. The Morgan fingerprint density at radius 1 is 1.17 bits per heavy atom. The molecule has 18 heavy (non-hydrogen) atoms. The largest absolute Gasteiger partial charge is 0.467 e. The lowest BCUT2D eigenvalue weighted by molar-refractivity contribution is 0.475. The molecular weight excluding hydrogens is 294 g/mol. The lowest BCUT2D eigenvalue weighted by Crippen LogP contribution is -1.98. The molecule has 0 aliphatic carbocycles. The van der Waals surface area contributed by atoms with Crippen molar-refractivity contribution in [3.63, 3.8) is 0 Å². The van der Waals surface area contributed by atoms with E-state index in [1.54, 1.807) is 10.9 Å². The second-order valence-corrected chi connectivity index (χ2v) is 4.80. The van der Waals surface area contributed by atoms with Gasteiger partial charge in [-0.3, -0.25) is 0 Å². The molecule has 0 saturated carbocycles. The van der Waals surface area contributed by atoms with Crippen LogP contribution >= 0.6 is 15.9 Å². The Hall–Kier alpha value is -1.88. The third-order valence-electron chi connectivity index (χ3n) is 2.58. The molecule has 0 N–H and O–H groups in total. The molecule has 0 bridgehead atoms. The Morgan fingerprint density at radius 2 is 2.00 bits per heavy atom. The molecule has 0 spiro atoms. The number of aromatic nitrogens is 3. The van der Waals surface area contributed by atoms with Crippen molar-refractivity contribution in [2.24, 2.45) is 0 Å². The van der Waals surface area contributed by atoms with Gasteiger partial charge in [0.2, 0.25) is 0 Å². The minimum Gasteiger partial charge on any atom is -0.467 e. The van der Waals surface area contributed by atoms with Gasteiger partial charge in [0.15, 0.2) is 0 Å². The van der Waals surface area contributed by atoms with Crippen LogP contribution in [-0.2, 0) is 6.54 Å². The normalized spacial score (nSPS) is 10.7. The van der Waals surface area contributed by atoms with Crippen molar-refractivity contribution in [2.75, 3.05) is 0 Å². The second kappa shape index (κ2) is 4.78. The molecule has 4 nitrogen and oxygen atoms in total. The first-order valence-electron chi connectivity index (χ1n) is 5.50. The topological polar surface area (TPSA) is 43.9 Å². The van der Waals surface area contributed by atoms with Gasteiger partial charge >= 0.3 is 0 Å². The van der Waals surface area contributed by atoms with Crippen molar-refractivity contribution in [3.8, 4) is 11.3 Å². The molecule has 5 heteroatoms. The zero-order chi connectivity index (χ0) is 12.4. The average Bonchev–Trinajstić information content (AvgIpc) is 3.02. The van der Waals surface area contributed by atoms with Crippen molar-refractivity contribution < 1.29 is 4.42 Å². The summed E-state index contributed by atoms with van der Waals surface area (Å²) in [6, 6.07) is 11.8. The van der Waals surface area contributed by atoms with Crippen LogP contribution in [0.3, 0.4) is 0 Å². The maximum absolute atomic E-state index is 5.27. The predicted octanol–water partition coefficient (Wildman–Crippen LogP) is 3.35. The van der Waals surface area contributed by atoms with Crippen LogP contribution in [0.1, 0.15) is 5.76 Å². The average molecular weight is 304 g/mol. The quantitative estimate of drug-likeness (QED) is 0.745. The molecule has 90 valence electrons. The van der Waals surface area contributed by atoms with E-state index in [0.29, 0.717) is 6.54 Å². The van der Waals surface area contributed by atoms with Gasteiger partial charge in [-0.15, -0.1) is 5.10 Å². The van der Waals surface area contributed by atoms with Gasteiger partial charge in [0.1, 0.15) is 18.0 Å². The first kappa shape index (κ1) is 11.2. The van der Waals surface area contributed by atoms with E-state index in [0.717, 1.165) is 21.5 Å². The highest BCUT2D eigenvalue weighted by Gasteiger charge is 2.05. The number of hydrogen-bond donors (Lipinski definition) is 0. The maximum atomic E-state index is 5.27. The first-order chi connectivity index (χ1) is 8.81. The molecule has 0 radical (unpaired) electrons. The Labute approximate surface area is 112 Å². The van der Waals surface area contributed by atoms with Gasteiger partial charge in [-0.25, -0.2) is 4.68 Å². The van der Waals surface area contributed by atoms with E-state index in [1.165, 1.54) is 0 Å². The molecule has 0 fully saturated rings. The van der Waals surface area contributed by atoms with Gasteiger partial charge in [0, 0.05) is 10.0 Å². The van der Waals surface area contributed by atoms with E-state index < -0.39 is 0 Å². The van der Waals surface area contributed by atoms with E-state index in [1.807, 2.05) is 42.6 Å². The highest BCUT2D eigenvalue weighted by atomic mass is 79.9. The van der Waals surface area contributed by atoms with Crippen LogP contribution in [0, 0.1) is 0 Å². The van der Waals surface area contributed by atoms with Crippen LogP contribution in [0.25, 0.3) is 11.3 Å². The zero-order valence-corrected chi connectivity index (χ0v) is 11.0. The molecule has 2 aromatic heterocycles. The summed E-state index contributed by atoms with van der Waals surface area (Å²) in [5.41, 5.74) is 1.90. The summed E-state index contributed by atoms with van der Waals surface area (Å²) in [7, 11) is 0. The fourth-order valence-electron chi connectivity index (χ4n) is 1.69. The molecule has 0 aliphatic heterocycles. The maximum Gasteiger partial charge on any atom is 0.125 e. The van der Waals surface area contributed by atoms with Crippen LogP contribution in [-0.4, -0.2) is 15.0 Å². The second-order valence-electron chi connectivity index (χ2n) is 3.89. The summed E-state index contributed by atoms with van der Waals surface area (Å²) < 4.78 is 8.08. The monoisotopic (exact) mass is 303 g/mol. The Bertz CT molecular complexity index is 629. The van der Waals surface area contributed by atoms with Crippen molar-refractivity contribution in [3.05, 3.63) is 59.1 Å². The fraction of sp³-hybridized carbons (Fsp3) is 0.0769. The molecule has 2 heterocycles. The van der Waals surface area contributed by atoms with Gasteiger partial charge in [0.05, 0.1) is 12.5 Å². The highest BCUT2D eigenvalue weighted by molar-refractivity contribution is 9.10. The summed E-state index contributed by atoms with van der Waals surface area (Å²) >= 11 is 3.41. The van der Waals surface area contributed by atoms with E-state index in [2.05, 4.69) is 26.2 Å². The van der Waals surface area contributed by atoms with Crippen LogP contribution in [0.2, 0.25) is 0 Å². The minimum atomic E-state index is 0.594. The SMILES string of the molecule is Brc1ccc(-c2cn(Cc3ccco3)nn2)cc1. The van der Waals surface area contributed by atoms with Crippen molar-refractivity contribution in [2.45, 2.75) is 6.54 Å². The summed E-state index contributed by atoms with van der Waals surface area (Å²) in [6.45, 7) is 0.594. The number of hydrogen-bond acceptors (Lipinski definition) is 3. The molecule has 3 aromatic rings. The smallest absolute Gasteiger partial charge is 0.125 e. The van der Waals surface area contributed by atoms with E-state index in [4.69, 9.17) is 4.42 Å². The number of nitrogens with zero attached hydrogens (tertiary/aromatic N) is 3. The summed E-state index contributed by atoms with van der Waals surface area (Å²) in [6.07, 6.45) is 3.56. The van der Waals surface area contributed by atoms with E-state index in [-0.39, 0.29) is 0 Å². The number of benzene rings is 1. The highest BCUT2D eigenvalue weighted by Crippen LogP contribution is 2.19. The van der Waals surface area contributed by atoms with Crippen LogP contribution in [0.15, 0.2) is 57.7 Å². The molecule has 1 aromatic carbocycles. The summed E-state index contributed by atoms with van der Waals surface area (Å²) in [4.78, 5) is 0. The summed E-state index contributed by atoms with van der Waals surface area (Å²) in [5.74, 6) is 0.863. The molecular formula is C13H10BrN3O. The third kappa shape index (κ3) is 2.36. The molecule has 0 aliphatic rings. The van der Waals surface area contributed by atoms with Crippen molar-refractivity contribution in [1.29, 1.82) is 0 Å². The Balaban J connectivity index is 1.83. The Kier molecular flexibility index (Phi) is 2.98. The molecule has 0 amide bonds. The van der Waals surface area contributed by atoms with Crippen molar-refractivity contribution in [1.82, 2.24) is 15.0 Å². The van der Waals surface area contributed by atoms with Gasteiger partial charge in [-0.1, -0.05) is 33.3 Å². The van der Waals surface area contributed by atoms with Crippen LogP contribution in [0.5, 0.6) is 0 Å². The number of halogens is 1. The van der Waals surface area contributed by atoms with E-state index >= 15 is 0 Å². The van der Waals surface area contributed by atoms with Gasteiger partial charge < -0.3 is 4.42 Å². The number of furan rings is 1. The van der Waals surface area contributed by atoms with Crippen LogP contribution in [0.4, 0.5) is 0 Å². The lowest BCUT2D eigenvalue weighted by Gasteiger charge is -1.96. The Morgan fingerprint density at radius 3 is 2.72 bits per heavy atom. The molecule has 0 unspecified atom stereocenters. The standard InChI is InChI=1S/C13H10BrN3O/c14-11-5-3-10(4-6-11)13-9-17(16-15-13)8-12-2-1-7-18-12/h1-7,9H,8H2. The van der Waals surface area contributed by atoms with Gasteiger partial charge in [0.25, 0.3) is 0 Å². The zero-order valence-electron chi connectivity index (χ0n) is 9.45. The molecule has 0 atom stereocenters. The predicted molar refractivity (Wildman–Crippen MR) is 71.0 cm³/mol. The third-order valence-corrected chi connectivity index (χ3v) is 3.11. The number of rotatable bonds is 3. The van der Waals surface area contributed by atoms with Crippen molar-refractivity contribution >= 4 is 15.9 Å². The van der Waals surface area contributed by atoms with Crippen LogP contribution < -0.4 is 0 Å². The fourth-order valence-corrected chi connectivity index (χ4v) is 1.96. The van der Waals surface area contributed by atoms with Gasteiger partial charge in [-0.2, -0.15) is 0 Å². The van der Waals surface area contributed by atoms with E-state index in [9.17, 15) is 0 Å². The summed E-state index contributed by atoms with van der Waals surface area (Å²) in [5, 5.41) is 8.24. The molecule has 0 saturated heterocycles.